The standard InChI is InChI=1S/C11H14ClN3/c1-15-8-2-3-9(15)10(13)4-6-11(12,14)7-5-10/h2-8H,13-14H2,1H3. The number of hydrogen-bond acceptors (Lipinski definition) is 2. The van der Waals surface area contributed by atoms with Crippen molar-refractivity contribution in [2.45, 2.75) is 10.5 Å². The molecule has 0 atom stereocenters. The van der Waals surface area contributed by atoms with E-state index < -0.39 is 10.5 Å². The van der Waals surface area contributed by atoms with Crippen LogP contribution >= 0.6 is 11.6 Å². The molecule has 1 heterocycles. The lowest BCUT2D eigenvalue weighted by atomic mass is 9.90. The molecule has 0 unspecified atom stereocenters. The van der Waals surface area contributed by atoms with Gasteiger partial charge in [0.15, 0.2) is 0 Å². The van der Waals surface area contributed by atoms with Crippen LogP contribution < -0.4 is 11.5 Å². The Labute approximate surface area is 94.0 Å². The zero-order valence-corrected chi connectivity index (χ0v) is 9.28. The summed E-state index contributed by atoms with van der Waals surface area (Å²) >= 11 is 5.94. The Morgan fingerprint density at radius 1 is 1.20 bits per heavy atom. The molecule has 0 saturated carbocycles. The third-order valence-electron chi connectivity index (χ3n) is 2.62. The number of nitrogens with two attached hydrogens (primary N) is 2. The summed E-state index contributed by atoms with van der Waals surface area (Å²) in [6.07, 6.45) is 9.03. The van der Waals surface area contributed by atoms with Crippen molar-refractivity contribution in [3.05, 3.63) is 48.3 Å². The number of alkyl halides is 1. The third kappa shape index (κ3) is 1.86. The summed E-state index contributed by atoms with van der Waals surface area (Å²) in [6.45, 7) is 0. The Morgan fingerprint density at radius 3 is 2.27 bits per heavy atom. The van der Waals surface area contributed by atoms with E-state index in [4.69, 9.17) is 23.1 Å². The first-order valence-electron chi connectivity index (χ1n) is 4.72. The van der Waals surface area contributed by atoms with Crippen molar-refractivity contribution in [3.8, 4) is 0 Å². The van der Waals surface area contributed by atoms with Crippen molar-refractivity contribution in [1.82, 2.24) is 4.57 Å². The molecule has 4 N–H and O–H groups in total. The Hall–Kier alpha value is -1.03. The summed E-state index contributed by atoms with van der Waals surface area (Å²) in [5, 5.41) is 0. The van der Waals surface area contributed by atoms with Gasteiger partial charge in [0.25, 0.3) is 0 Å². The van der Waals surface area contributed by atoms with Crippen LogP contribution in [-0.4, -0.2) is 9.57 Å². The molecule has 15 heavy (non-hydrogen) atoms. The molecule has 0 radical (unpaired) electrons. The second kappa shape index (κ2) is 3.23. The monoisotopic (exact) mass is 223 g/mol. The summed E-state index contributed by atoms with van der Waals surface area (Å²) < 4.78 is 1.98. The summed E-state index contributed by atoms with van der Waals surface area (Å²) in [6, 6.07) is 3.93. The molecule has 2 rings (SSSR count). The lowest BCUT2D eigenvalue weighted by molar-refractivity contribution is 0.620. The Bertz CT molecular complexity index is 413. The molecule has 3 nitrogen and oxygen atoms in total. The molecule has 0 aromatic carbocycles. The van der Waals surface area contributed by atoms with Crippen LogP contribution in [0.5, 0.6) is 0 Å². The van der Waals surface area contributed by atoms with Crippen molar-refractivity contribution in [2.24, 2.45) is 18.5 Å². The van der Waals surface area contributed by atoms with Crippen LogP contribution in [-0.2, 0) is 12.6 Å². The molecule has 1 aromatic heterocycles. The minimum atomic E-state index is -0.909. The molecule has 0 spiro atoms. The van der Waals surface area contributed by atoms with Crippen LogP contribution in [0.25, 0.3) is 0 Å². The van der Waals surface area contributed by atoms with E-state index in [1.807, 2.05) is 42.1 Å². The van der Waals surface area contributed by atoms with Gasteiger partial charge >= 0.3 is 0 Å². The van der Waals surface area contributed by atoms with E-state index in [0.717, 1.165) is 5.69 Å². The van der Waals surface area contributed by atoms with Crippen molar-refractivity contribution in [3.63, 3.8) is 0 Å². The summed E-state index contributed by atoms with van der Waals surface area (Å²) in [7, 11) is 1.95. The third-order valence-corrected chi connectivity index (χ3v) is 2.87. The van der Waals surface area contributed by atoms with Gasteiger partial charge in [-0.1, -0.05) is 23.8 Å². The van der Waals surface area contributed by atoms with Gasteiger partial charge in [0, 0.05) is 18.9 Å². The predicted molar refractivity (Wildman–Crippen MR) is 62.3 cm³/mol. The number of hydrogen-bond donors (Lipinski definition) is 2. The molecule has 80 valence electrons. The summed E-state index contributed by atoms with van der Waals surface area (Å²) in [5.74, 6) is 0. The number of nitrogens with zero attached hydrogens (tertiary/aromatic N) is 1. The van der Waals surface area contributed by atoms with E-state index in [1.165, 1.54) is 0 Å². The van der Waals surface area contributed by atoms with Gasteiger partial charge in [-0.15, -0.1) is 0 Å². The maximum absolute atomic E-state index is 6.24. The SMILES string of the molecule is Cn1cccc1C1(N)C=CC(N)(Cl)C=C1. The van der Waals surface area contributed by atoms with Crippen molar-refractivity contribution in [2.75, 3.05) is 0 Å². The first-order valence-corrected chi connectivity index (χ1v) is 5.10. The highest BCUT2D eigenvalue weighted by atomic mass is 35.5. The molecular formula is C11H14ClN3. The van der Waals surface area contributed by atoms with Crippen molar-refractivity contribution in [1.29, 1.82) is 0 Å². The van der Waals surface area contributed by atoms with Gasteiger partial charge in [-0.3, -0.25) is 0 Å². The van der Waals surface area contributed by atoms with E-state index in [1.54, 1.807) is 12.2 Å². The van der Waals surface area contributed by atoms with E-state index in [2.05, 4.69) is 0 Å². The maximum Gasteiger partial charge on any atom is 0.128 e. The highest BCUT2D eigenvalue weighted by Crippen LogP contribution is 2.29. The van der Waals surface area contributed by atoms with Crippen LogP contribution in [0.2, 0.25) is 0 Å². The van der Waals surface area contributed by atoms with Gasteiger partial charge in [-0.25, -0.2) is 0 Å². The van der Waals surface area contributed by atoms with Gasteiger partial charge in [0.2, 0.25) is 0 Å². The number of aryl methyl sites for hydroxylation is 1. The molecule has 0 bridgehead atoms. The Kier molecular flexibility index (Phi) is 2.26. The lowest BCUT2D eigenvalue weighted by Gasteiger charge is -2.29. The van der Waals surface area contributed by atoms with Gasteiger partial charge in [0.1, 0.15) is 5.00 Å². The van der Waals surface area contributed by atoms with Crippen LogP contribution in [0.3, 0.4) is 0 Å². The zero-order valence-electron chi connectivity index (χ0n) is 8.52. The van der Waals surface area contributed by atoms with Gasteiger partial charge in [-0.05, 0) is 24.3 Å². The molecular weight excluding hydrogens is 210 g/mol. The van der Waals surface area contributed by atoms with Crippen molar-refractivity contribution < 1.29 is 0 Å². The quantitative estimate of drug-likeness (QED) is 0.427. The first-order chi connectivity index (χ1) is 6.93. The average molecular weight is 224 g/mol. The smallest absolute Gasteiger partial charge is 0.128 e. The topological polar surface area (TPSA) is 57.0 Å². The maximum atomic E-state index is 6.24. The Balaban J connectivity index is 2.40. The first kappa shape index (κ1) is 10.5. The van der Waals surface area contributed by atoms with Crippen LogP contribution in [0.4, 0.5) is 0 Å². The van der Waals surface area contributed by atoms with Crippen LogP contribution in [0.15, 0.2) is 42.6 Å². The van der Waals surface area contributed by atoms with Crippen LogP contribution in [0.1, 0.15) is 5.69 Å². The zero-order chi connectivity index (χ0) is 11.1. The molecule has 1 aliphatic rings. The second-order valence-corrected chi connectivity index (χ2v) is 4.59. The minimum Gasteiger partial charge on any atom is -0.352 e. The number of aromatic nitrogens is 1. The second-order valence-electron chi connectivity index (χ2n) is 3.93. The van der Waals surface area contributed by atoms with Crippen molar-refractivity contribution >= 4 is 11.6 Å². The van der Waals surface area contributed by atoms with E-state index in [9.17, 15) is 0 Å². The van der Waals surface area contributed by atoms with E-state index in [-0.39, 0.29) is 0 Å². The molecule has 4 heteroatoms. The number of rotatable bonds is 1. The Morgan fingerprint density at radius 2 is 1.80 bits per heavy atom. The molecule has 0 aliphatic heterocycles. The predicted octanol–water partition coefficient (Wildman–Crippen LogP) is 1.20. The summed E-state index contributed by atoms with van der Waals surface area (Å²) in [5.41, 5.74) is 12.3. The fourth-order valence-corrected chi connectivity index (χ4v) is 1.85. The molecule has 0 saturated heterocycles. The number of halogens is 1. The normalized spacial score (nSPS) is 34.7. The molecule has 0 fully saturated rings. The van der Waals surface area contributed by atoms with Gasteiger partial charge in [-0.2, -0.15) is 0 Å². The molecule has 1 aliphatic carbocycles. The molecule has 0 amide bonds. The van der Waals surface area contributed by atoms with Crippen LogP contribution in [0, 0.1) is 0 Å². The average Bonchev–Trinajstić information content (AvgIpc) is 2.58. The summed E-state index contributed by atoms with van der Waals surface area (Å²) in [4.78, 5) is -0.909. The minimum absolute atomic E-state index is 0.615. The van der Waals surface area contributed by atoms with Gasteiger partial charge < -0.3 is 16.0 Å². The van der Waals surface area contributed by atoms with E-state index in [0.29, 0.717) is 0 Å². The lowest BCUT2D eigenvalue weighted by Crippen LogP contribution is -2.40. The fourth-order valence-electron chi connectivity index (χ4n) is 1.72. The van der Waals surface area contributed by atoms with Gasteiger partial charge in [0.05, 0.1) is 5.54 Å². The largest absolute Gasteiger partial charge is 0.352 e. The highest BCUT2D eigenvalue weighted by molar-refractivity contribution is 6.26. The van der Waals surface area contributed by atoms with E-state index >= 15 is 0 Å². The molecule has 1 aromatic rings. The fraction of sp³-hybridized carbons (Fsp3) is 0.273. The highest BCUT2D eigenvalue weighted by Gasteiger charge is 2.29.